The molecule has 0 aliphatic carbocycles. The lowest BCUT2D eigenvalue weighted by molar-refractivity contribution is -0.123. The van der Waals surface area contributed by atoms with Crippen LogP contribution in [-0.2, 0) is 16.1 Å². The third-order valence-corrected chi connectivity index (χ3v) is 6.49. The summed E-state index contributed by atoms with van der Waals surface area (Å²) in [4.78, 5) is 50.7. The molecule has 0 N–H and O–H groups in total. The molecule has 4 rings (SSSR count). The van der Waals surface area contributed by atoms with Gasteiger partial charge in [-0.25, -0.2) is 4.79 Å². The Morgan fingerprint density at radius 1 is 0.861 bits per heavy atom. The van der Waals surface area contributed by atoms with E-state index in [0.717, 1.165) is 34.0 Å². The zero-order chi connectivity index (χ0) is 25.7. The Hall–Kier alpha value is -4.23. The number of thioether (sulfide) groups is 1. The van der Waals surface area contributed by atoms with Gasteiger partial charge in [-0.15, -0.1) is 0 Å². The largest absolute Gasteiger partial charge is 0.465 e. The maximum Gasteiger partial charge on any atom is 0.337 e. The van der Waals surface area contributed by atoms with Gasteiger partial charge in [-0.05, 0) is 59.7 Å². The molecular weight excluding hydrogens is 474 g/mol. The number of ketones is 1. The average Bonchev–Trinajstić information content (AvgIpc) is 3.15. The van der Waals surface area contributed by atoms with E-state index in [9.17, 15) is 19.2 Å². The summed E-state index contributed by atoms with van der Waals surface area (Å²) < 4.78 is 4.68. The number of benzene rings is 3. The molecule has 0 atom stereocenters. The van der Waals surface area contributed by atoms with Crippen molar-refractivity contribution < 1.29 is 23.9 Å². The molecule has 0 radical (unpaired) electrons. The molecule has 3 aromatic carbocycles. The molecule has 36 heavy (non-hydrogen) atoms. The molecule has 1 fully saturated rings. The SMILES string of the molecule is COC(=O)c1ccc(CN2C(=O)S/C(=C\c3ccc(/C=C/C(=O)c4ccc(C)cc4)cc3)C2=O)cc1. The van der Waals surface area contributed by atoms with Crippen LogP contribution >= 0.6 is 11.8 Å². The summed E-state index contributed by atoms with van der Waals surface area (Å²) >= 11 is 0.890. The fourth-order valence-corrected chi connectivity index (χ4v) is 4.36. The Labute approximate surface area is 213 Å². The summed E-state index contributed by atoms with van der Waals surface area (Å²) in [5.41, 5.74) is 4.46. The van der Waals surface area contributed by atoms with Crippen LogP contribution in [0.25, 0.3) is 12.2 Å². The molecule has 0 unspecified atom stereocenters. The first kappa shape index (κ1) is 24.9. The molecule has 2 amide bonds. The van der Waals surface area contributed by atoms with Crippen molar-refractivity contribution in [1.82, 2.24) is 4.90 Å². The van der Waals surface area contributed by atoms with Crippen molar-refractivity contribution in [1.29, 1.82) is 0 Å². The van der Waals surface area contributed by atoms with Crippen molar-refractivity contribution in [3.8, 4) is 0 Å². The quantitative estimate of drug-likeness (QED) is 0.229. The van der Waals surface area contributed by atoms with Crippen LogP contribution in [0.5, 0.6) is 0 Å². The van der Waals surface area contributed by atoms with Gasteiger partial charge in [0.15, 0.2) is 5.78 Å². The number of allylic oxidation sites excluding steroid dienone is 1. The number of carbonyl (C=O) groups is 4. The summed E-state index contributed by atoms with van der Waals surface area (Å²) in [6.07, 6.45) is 4.95. The van der Waals surface area contributed by atoms with Crippen LogP contribution in [0.4, 0.5) is 4.79 Å². The second-order valence-electron chi connectivity index (χ2n) is 8.19. The fraction of sp³-hybridized carbons (Fsp3) is 0.103. The Morgan fingerprint density at radius 3 is 2.11 bits per heavy atom. The highest BCUT2D eigenvalue weighted by molar-refractivity contribution is 8.18. The first-order valence-corrected chi connectivity index (χ1v) is 12.0. The monoisotopic (exact) mass is 497 g/mol. The van der Waals surface area contributed by atoms with Gasteiger partial charge in [0, 0.05) is 5.56 Å². The summed E-state index contributed by atoms with van der Waals surface area (Å²) in [6, 6.07) is 21.3. The molecule has 1 heterocycles. The molecule has 180 valence electrons. The minimum absolute atomic E-state index is 0.0762. The Bertz CT molecular complexity index is 1370. The maximum atomic E-state index is 12.8. The number of esters is 1. The van der Waals surface area contributed by atoms with Gasteiger partial charge in [-0.1, -0.05) is 72.3 Å². The van der Waals surface area contributed by atoms with Gasteiger partial charge >= 0.3 is 5.97 Å². The Kier molecular flexibility index (Phi) is 7.61. The molecule has 0 saturated carbocycles. The molecule has 0 spiro atoms. The van der Waals surface area contributed by atoms with E-state index in [1.807, 2.05) is 43.3 Å². The van der Waals surface area contributed by atoms with Crippen LogP contribution < -0.4 is 0 Å². The molecular formula is C29H23NO5S. The first-order valence-electron chi connectivity index (χ1n) is 11.2. The molecule has 0 aromatic heterocycles. The van der Waals surface area contributed by atoms with Gasteiger partial charge < -0.3 is 4.74 Å². The van der Waals surface area contributed by atoms with E-state index < -0.39 is 5.97 Å². The lowest BCUT2D eigenvalue weighted by atomic mass is 10.1. The van der Waals surface area contributed by atoms with Crippen LogP contribution in [0.15, 0.2) is 83.8 Å². The molecule has 6 nitrogen and oxygen atoms in total. The van der Waals surface area contributed by atoms with Crippen molar-refractivity contribution in [3.63, 3.8) is 0 Å². The summed E-state index contributed by atoms with van der Waals surface area (Å²) in [5.74, 6) is -0.891. The zero-order valence-electron chi connectivity index (χ0n) is 19.8. The van der Waals surface area contributed by atoms with E-state index in [2.05, 4.69) is 4.74 Å². The first-order chi connectivity index (χ1) is 17.3. The van der Waals surface area contributed by atoms with Gasteiger partial charge in [0.2, 0.25) is 0 Å². The predicted molar refractivity (Wildman–Crippen MR) is 140 cm³/mol. The van der Waals surface area contributed by atoms with Gasteiger partial charge in [-0.3, -0.25) is 19.3 Å². The lowest BCUT2D eigenvalue weighted by Gasteiger charge is -2.12. The number of hydrogen-bond acceptors (Lipinski definition) is 6. The number of carbonyl (C=O) groups excluding carboxylic acids is 4. The van der Waals surface area contributed by atoms with Crippen LogP contribution in [0.3, 0.4) is 0 Å². The van der Waals surface area contributed by atoms with Gasteiger partial charge in [-0.2, -0.15) is 0 Å². The van der Waals surface area contributed by atoms with Crippen molar-refractivity contribution in [3.05, 3.63) is 117 Å². The predicted octanol–water partition coefficient (Wildman–Crippen LogP) is 5.91. The molecule has 3 aromatic rings. The number of aryl methyl sites for hydroxylation is 1. The number of amides is 2. The van der Waals surface area contributed by atoms with E-state index in [0.29, 0.717) is 16.0 Å². The van der Waals surface area contributed by atoms with Gasteiger partial charge in [0.1, 0.15) is 0 Å². The topological polar surface area (TPSA) is 80.8 Å². The van der Waals surface area contributed by atoms with Crippen LogP contribution in [0.1, 0.15) is 43.0 Å². The highest BCUT2D eigenvalue weighted by atomic mass is 32.2. The summed E-state index contributed by atoms with van der Waals surface area (Å²) in [5, 5.41) is -0.350. The number of ether oxygens (including phenoxy) is 1. The number of hydrogen-bond donors (Lipinski definition) is 0. The van der Waals surface area contributed by atoms with Crippen LogP contribution in [-0.4, -0.2) is 34.9 Å². The van der Waals surface area contributed by atoms with E-state index in [1.54, 1.807) is 48.6 Å². The van der Waals surface area contributed by atoms with Crippen molar-refractivity contribution in [2.45, 2.75) is 13.5 Å². The molecule has 1 aliphatic rings. The molecule has 1 saturated heterocycles. The van der Waals surface area contributed by atoms with E-state index in [-0.39, 0.29) is 23.5 Å². The summed E-state index contributed by atoms with van der Waals surface area (Å²) in [6.45, 7) is 2.08. The second-order valence-corrected chi connectivity index (χ2v) is 9.18. The van der Waals surface area contributed by atoms with Gasteiger partial charge in [0.05, 0.1) is 24.1 Å². The molecule has 0 bridgehead atoms. The summed E-state index contributed by atoms with van der Waals surface area (Å²) in [7, 11) is 1.31. The highest BCUT2D eigenvalue weighted by Crippen LogP contribution is 2.33. The molecule has 1 aliphatic heterocycles. The second kappa shape index (κ2) is 11.0. The number of methoxy groups -OCH3 is 1. The minimum atomic E-state index is -0.449. The van der Waals surface area contributed by atoms with E-state index >= 15 is 0 Å². The average molecular weight is 498 g/mol. The van der Waals surface area contributed by atoms with Crippen molar-refractivity contribution in [2.75, 3.05) is 7.11 Å². The Balaban J connectivity index is 1.40. The third kappa shape index (κ3) is 5.87. The highest BCUT2D eigenvalue weighted by Gasteiger charge is 2.35. The van der Waals surface area contributed by atoms with E-state index in [4.69, 9.17) is 0 Å². The van der Waals surface area contributed by atoms with Crippen molar-refractivity contribution >= 4 is 46.8 Å². The minimum Gasteiger partial charge on any atom is -0.465 e. The smallest absolute Gasteiger partial charge is 0.337 e. The normalized spacial score (nSPS) is 14.6. The third-order valence-electron chi connectivity index (χ3n) is 5.59. The Morgan fingerprint density at radius 2 is 1.47 bits per heavy atom. The number of nitrogens with zero attached hydrogens (tertiary/aromatic N) is 1. The zero-order valence-corrected chi connectivity index (χ0v) is 20.6. The van der Waals surface area contributed by atoms with Gasteiger partial charge in [0.25, 0.3) is 11.1 Å². The standard InChI is InChI=1S/C29H23NO5S/c1-19-3-12-23(13-4-19)25(31)16-11-20-5-7-21(8-6-20)17-26-27(32)30(29(34)36-26)18-22-9-14-24(15-10-22)28(33)35-2/h3-17H,18H2,1-2H3/b16-11+,26-17-. The number of rotatable bonds is 7. The maximum absolute atomic E-state index is 12.8. The van der Waals surface area contributed by atoms with Crippen LogP contribution in [0, 0.1) is 6.92 Å². The fourth-order valence-electron chi connectivity index (χ4n) is 3.52. The lowest BCUT2D eigenvalue weighted by Crippen LogP contribution is -2.27. The van der Waals surface area contributed by atoms with E-state index in [1.165, 1.54) is 18.1 Å². The van der Waals surface area contributed by atoms with Crippen LogP contribution in [0.2, 0.25) is 0 Å². The number of imide groups is 1. The van der Waals surface area contributed by atoms with Crippen molar-refractivity contribution in [2.24, 2.45) is 0 Å². The molecule has 7 heteroatoms.